The monoisotopic (exact) mass is 318 g/mol. The van der Waals surface area contributed by atoms with Gasteiger partial charge in [0.15, 0.2) is 0 Å². The maximum absolute atomic E-state index is 11.7. The fraction of sp³-hybridized carbons (Fsp3) is 0.467. The van der Waals surface area contributed by atoms with Gasteiger partial charge in [-0.05, 0) is 25.5 Å². The summed E-state index contributed by atoms with van der Waals surface area (Å²) in [6, 6.07) is 8.85. The van der Waals surface area contributed by atoms with Gasteiger partial charge in [-0.25, -0.2) is 0 Å². The van der Waals surface area contributed by atoms with Crippen LogP contribution in [0.3, 0.4) is 0 Å². The maximum atomic E-state index is 11.7. The van der Waals surface area contributed by atoms with Crippen molar-refractivity contribution in [2.75, 3.05) is 13.2 Å². The smallest absolute Gasteiger partial charge is 0.550 e. The Morgan fingerprint density at radius 2 is 1.82 bits per heavy atom. The van der Waals surface area contributed by atoms with Crippen LogP contribution in [0.1, 0.15) is 26.7 Å². The Labute approximate surface area is 152 Å². The van der Waals surface area contributed by atoms with Crippen molar-refractivity contribution >= 4 is 11.9 Å². The summed E-state index contributed by atoms with van der Waals surface area (Å²) in [5.41, 5.74) is 0. The van der Waals surface area contributed by atoms with E-state index in [4.69, 9.17) is 14.2 Å². The van der Waals surface area contributed by atoms with E-state index < -0.39 is 24.1 Å². The molecule has 0 saturated carbocycles. The van der Waals surface area contributed by atoms with Crippen LogP contribution in [0.2, 0.25) is 0 Å². The second kappa shape index (κ2) is 10.6. The first-order chi connectivity index (χ1) is 9.95. The third kappa shape index (κ3) is 8.38. The number of carbonyl (C=O) groups is 2. The van der Waals surface area contributed by atoms with E-state index in [1.807, 2.05) is 6.07 Å². The normalized spacial score (nSPS) is 12.6. The quantitative estimate of drug-likeness (QED) is 0.294. The van der Waals surface area contributed by atoms with Gasteiger partial charge < -0.3 is 24.1 Å². The SMILES string of the molecule is CCOCC(C)(OC(=O)CCC(=O)[O-])Oc1ccccc1.[Na+]. The van der Waals surface area contributed by atoms with Crippen LogP contribution >= 0.6 is 0 Å². The number of carboxylic acids is 1. The number of benzene rings is 1. The van der Waals surface area contributed by atoms with Crippen LogP contribution in [0.25, 0.3) is 0 Å². The van der Waals surface area contributed by atoms with Crippen LogP contribution in [0.15, 0.2) is 30.3 Å². The van der Waals surface area contributed by atoms with Crippen molar-refractivity contribution in [3.8, 4) is 5.75 Å². The number of esters is 1. The van der Waals surface area contributed by atoms with Gasteiger partial charge in [0.1, 0.15) is 12.4 Å². The topological polar surface area (TPSA) is 84.9 Å². The zero-order valence-electron chi connectivity index (χ0n) is 13.2. The molecule has 0 heterocycles. The summed E-state index contributed by atoms with van der Waals surface area (Å²) >= 11 is 0. The van der Waals surface area contributed by atoms with E-state index in [0.29, 0.717) is 12.4 Å². The zero-order valence-corrected chi connectivity index (χ0v) is 15.2. The Hall–Kier alpha value is -1.08. The minimum atomic E-state index is -1.32. The largest absolute Gasteiger partial charge is 1.00 e. The van der Waals surface area contributed by atoms with Gasteiger partial charge in [-0.2, -0.15) is 0 Å². The van der Waals surface area contributed by atoms with Crippen LogP contribution in [0, 0.1) is 0 Å². The first-order valence-electron chi connectivity index (χ1n) is 6.68. The zero-order chi connectivity index (χ0) is 15.7. The number of ether oxygens (including phenoxy) is 3. The minimum Gasteiger partial charge on any atom is -0.550 e. The first kappa shape index (κ1) is 20.9. The summed E-state index contributed by atoms with van der Waals surface area (Å²) in [6.45, 7) is 3.84. The molecule has 1 aromatic carbocycles. The molecule has 0 bridgehead atoms. The molecule has 0 radical (unpaired) electrons. The van der Waals surface area contributed by atoms with Gasteiger partial charge in [-0.1, -0.05) is 18.2 Å². The summed E-state index contributed by atoms with van der Waals surface area (Å²) in [5, 5.41) is 10.4. The Bertz CT molecular complexity index is 464. The maximum Gasteiger partial charge on any atom is 1.00 e. The van der Waals surface area contributed by atoms with Crippen LogP contribution in [0.5, 0.6) is 5.75 Å². The van der Waals surface area contributed by atoms with Gasteiger partial charge in [0.25, 0.3) is 5.79 Å². The molecule has 0 saturated heterocycles. The Morgan fingerprint density at radius 3 is 2.36 bits per heavy atom. The molecule has 0 spiro atoms. The van der Waals surface area contributed by atoms with Gasteiger partial charge in [-0.3, -0.25) is 4.79 Å². The molecule has 7 heteroatoms. The van der Waals surface area contributed by atoms with E-state index in [1.165, 1.54) is 0 Å². The summed E-state index contributed by atoms with van der Waals surface area (Å²) in [7, 11) is 0. The van der Waals surface area contributed by atoms with Crippen LogP contribution in [-0.2, 0) is 19.1 Å². The van der Waals surface area contributed by atoms with Crippen molar-refractivity contribution in [3.05, 3.63) is 30.3 Å². The molecule has 0 aromatic heterocycles. The van der Waals surface area contributed by atoms with Gasteiger partial charge in [-0.15, -0.1) is 0 Å². The molecule has 1 unspecified atom stereocenters. The minimum absolute atomic E-state index is 0. The molecule has 1 aromatic rings. The van der Waals surface area contributed by atoms with Gasteiger partial charge in [0.05, 0.1) is 6.42 Å². The van der Waals surface area contributed by atoms with Gasteiger partial charge in [0.2, 0.25) is 0 Å². The summed E-state index contributed by atoms with van der Waals surface area (Å²) in [6.07, 6.45) is -0.670. The standard InChI is InChI=1S/C15H20O6.Na/c1-3-19-11-15(2,20-12-7-5-4-6-8-12)21-14(18)10-9-13(16)17;/h4-8H,3,9-11H2,1-2H3,(H,16,17);/q;+1/p-1. The molecular weight excluding hydrogens is 299 g/mol. The number of carbonyl (C=O) groups excluding carboxylic acids is 2. The van der Waals surface area contributed by atoms with Crippen LogP contribution < -0.4 is 39.4 Å². The van der Waals surface area contributed by atoms with E-state index in [-0.39, 0.29) is 42.6 Å². The van der Waals surface area contributed by atoms with E-state index in [9.17, 15) is 14.7 Å². The van der Waals surface area contributed by atoms with Crippen LogP contribution in [-0.4, -0.2) is 30.9 Å². The summed E-state index contributed by atoms with van der Waals surface area (Å²) < 4.78 is 16.1. The number of hydrogen-bond donors (Lipinski definition) is 0. The molecule has 0 fully saturated rings. The van der Waals surface area contributed by atoms with E-state index in [1.54, 1.807) is 38.1 Å². The molecule has 22 heavy (non-hydrogen) atoms. The molecule has 0 N–H and O–H groups in total. The predicted octanol–water partition coefficient (Wildman–Crippen LogP) is -2.10. The van der Waals surface area contributed by atoms with Crippen LogP contribution in [0.4, 0.5) is 0 Å². The molecule has 6 nitrogen and oxygen atoms in total. The van der Waals surface area contributed by atoms with E-state index in [2.05, 4.69) is 0 Å². The number of hydrogen-bond acceptors (Lipinski definition) is 6. The molecule has 1 rings (SSSR count). The van der Waals surface area contributed by atoms with Gasteiger partial charge >= 0.3 is 35.5 Å². The van der Waals surface area contributed by atoms with Crippen molar-refractivity contribution in [3.63, 3.8) is 0 Å². The van der Waals surface area contributed by atoms with E-state index in [0.717, 1.165) is 0 Å². The second-order valence-electron chi connectivity index (χ2n) is 4.53. The number of aliphatic carboxylic acids is 1. The fourth-order valence-electron chi connectivity index (χ4n) is 1.60. The third-order valence-corrected chi connectivity index (χ3v) is 2.51. The van der Waals surface area contributed by atoms with E-state index >= 15 is 0 Å². The van der Waals surface area contributed by atoms with Crippen molar-refractivity contribution in [2.45, 2.75) is 32.5 Å². The number of rotatable bonds is 9. The molecule has 0 aliphatic heterocycles. The summed E-state index contributed by atoms with van der Waals surface area (Å²) in [4.78, 5) is 22.0. The van der Waals surface area contributed by atoms with Crippen molar-refractivity contribution in [1.29, 1.82) is 0 Å². The first-order valence-corrected chi connectivity index (χ1v) is 6.68. The Morgan fingerprint density at radius 1 is 1.18 bits per heavy atom. The molecule has 0 aliphatic rings. The van der Waals surface area contributed by atoms with Crippen molar-refractivity contribution in [2.24, 2.45) is 0 Å². The molecule has 1 atom stereocenters. The molecular formula is C15H19NaO6. The van der Waals surface area contributed by atoms with Crippen molar-refractivity contribution < 1.29 is 58.5 Å². The fourth-order valence-corrected chi connectivity index (χ4v) is 1.60. The van der Waals surface area contributed by atoms with Crippen molar-refractivity contribution in [1.82, 2.24) is 0 Å². The predicted molar refractivity (Wildman–Crippen MR) is 72.3 cm³/mol. The molecule has 0 aliphatic carbocycles. The Kier molecular flexibility index (Phi) is 10.1. The average molecular weight is 318 g/mol. The number of para-hydroxylation sites is 1. The third-order valence-electron chi connectivity index (χ3n) is 2.51. The summed E-state index contributed by atoms with van der Waals surface area (Å²) in [5.74, 6) is -2.78. The molecule has 0 amide bonds. The average Bonchev–Trinajstić information content (AvgIpc) is 2.44. The molecule has 116 valence electrons. The second-order valence-corrected chi connectivity index (χ2v) is 4.53. The number of carboxylic acid groups (broad SMARTS) is 1. The van der Waals surface area contributed by atoms with Gasteiger partial charge in [0, 0.05) is 19.5 Å². The Balaban J connectivity index is 0.00000441.